The second-order valence-corrected chi connectivity index (χ2v) is 6.45. The van der Waals surface area contributed by atoms with Crippen LogP contribution in [-0.2, 0) is 16.1 Å². The van der Waals surface area contributed by atoms with Crippen LogP contribution in [-0.4, -0.2) is 39.4 Å². The largest absolute Gasteiger partial charge is 0.369 e. The number of rotatable bonds is 5. The van der Waals surface area contributed by atoms with E-state index < -0.39 is 0 Å². The molecular weight excluding hydrogens is 320 g/mol. The molecule has 7 nitrogen and oxygen atoms in total. The average molecular weight is 342 g/mol. The summed E-state index contributed by atoms with van der Waals surface area (Å²) in [4.78, 5) is 42.0. The van der Waals surface area contributed by atoms with Gasteiger partial charge < -0.3 is 10.6 Å². The highest BCUT2D eigenvalue weighted by Gasteiger charge is 2.26. The number of amides is 2. The van der Waals surface area contributed by atoms with Crippen molar-refractivity contribution < 1.29 is 9.59 Å². The maximum atomic E-state index is 12.4. The monoisotopic (exact) mass is 342 g/mol. The van der Waals surface area contributed by atoms with Gasteiger partial charge in [-0.2, -0.15) is 0 Å². The first-order valence-electron chi connectivity index (χ1n) is 8.57. The van der Waals surface area contributed by atoms with Crippen molar-refractivity contribution in [2.75, 3.05) is 13.1 Å². The number of nitrogens with zero attached hydrogens (tertiary/aromatic N) is 3. The van der Waals surface area contributed by atoms with Gasteiger partial charge in [-0.25, -0.2) is 4.98 Å². The fourth-order valence-electron chi connectivity index (χ4n) is 3.26. The van der Waals surface area contributed by atoms with Crippen molar-refractivity contribution in [2.45, 2.75) is 32.2 Å². The van der Waals surface area contributed by atoms with Crippen molar-refractivity contribution in [1.82, 2.24) is 14.5 Å². The summed E-state index contributed by atoms with van der Waals surface area (Å²) >= 11 is 0. The molecule has 0 aliphatic carbocycles. The van der Waals surface area contributed by atoms with Gasteiger partial charge in [-0.3, -0.25) is 19.0 Å². The maximum Gasteiger partial charge on any atom is 0.261 e. The number of carbonyl (C=O) groups excluding carboxylic acids is 2. The molecule has 0 radical (unpaired) electrons. The Balaban J connectivity index is 1.58. The van der Waals surface area contributed by atoms with Crippen LogP contribution in [0, 0.1) is 5.92 Å². The van der Waals surface area contributed by atoms with E-state index in [1.165, 1.54) is 10.9 Å². The van der Waals surface area contributed by atoms with E-state index in [9.17, 15) is 14.4 Å². The molecule has 1 aliphatic rings. The number of hydrogen-bond acceptors (Lipinski definition) is 4. The summed E-state index contributed by atoms with van der Waals surface area (Å²) in [6.07, 6.45) is 3.96. The molecule has 0 spiro atoms. The van der Waals surface area contributed by atoms with Crippen molar-refractivity contribution in [1.29, 1.82) is 0 Å². The van der Waals surface area contributed by atoms with Crippen LogP contribution in [0.1, 0.15) is 25.7 Å². The number of carbonyl (C=O) groups is 2. The van der Waals surface area contributed by atoms with Crippen LogP contribution in [0.15, 0.2) is 35.4 Å². The average Bonchev–Trinajstić information content (AvgIpc) is 2.64. The van der Waals surface area contributed by atoms with Crippen molar-refractivity contribution in [3.8, 4) is 0 Å². The Morgan fingerprint density at radius 2 is 2.08 bits per heavy atom. The highest BCUT2D eigenvalue weighted by molar-refractivity contribution is 5.80. The predicted molar refractivity (Wildman–Crippen MR) is 93.7 cm³/mol. The number of primary amides is 1. The van der Waals surface area contributed by atoms with Crippen LogP contribution in [0.4, 0.5) is 0 Å². The van der Waals surface area contributed by atoms with Crippen molar-refractivity contribution in [3.63, 3.8) is 0 Å². The van der Waals surface area contributed by atoms with Crippen LogP contribution in [0.2, 0.25) is 0 Å². The number of aromatic nitrogens is 2. The van der Waals surface area contributed by atoms with Crippen LogP contribution in [0.5, 0.6) is 0 Å². The van der Waals surface area contributed by atoms with Crippen molar-refractivity contribution in [3.05, 3.63) is 40.9 Å². The van der Waals surface area contributed by atoms with Gasteiger partial charge in [-0.1, -0.05) is 12.1 Å². The Morgan fingerprint density at radius 3 is 2.88 bits per heavy atom. The molecule has 1 fully saturated rings. The van der Waals surface area contributed by atoms with Crippen molar-refractivity contribution in [2.24, 2.45) is 11.7 Å². The normalized spacial score (nSPS) is 17.6. The molecule has 0 unspecified atom stereocenters. The highest BCUT2D eigenvalue weighted by atomic mass is 16.2. The molecule has 1 aromatic carbocycles. The quantitative estimate of drug-likeness (QED) is 0.873. The molecule has 3 rings (SSSR count). The summed E-state index contributed by atoms with van der Waals surface area (Å²) in [6, 6.07) is 7.21. The van der Waals surface area contributed by atoms with Gasteiger partial charge in [0.25, 0.3) is 5.56 Å². The minimum Gasteiger partial charge on any atom is -0.369 e. The van der Waals surface area contributed by atoms with Gasteiger partial charge in [0.1, 0.15) is 0 Å². The zero-order valence-electron chi connectivity index (χ0n) is 14.1. The van der Waals surface area contributed by atoms with E-state index in [2.05, 4.69) is 4.98 Å². The van der Waals surface area contributed by atoms with Gasteiger partial charge in [0, 0.05) is 26.1 Å². The number of piperidine rings is 1. The summed E-state index contributed by atoms with van der Waals surface area (Å²) in [7, 11) is 0. The Kier molecular flexibility index (Phi) is 5.11. The smallest absolute Gasteiger partial charge is 0.261 e. The molecule has 1 aliphatic heterocycles. The molecule has 2 amide bonds. The molecule has 2 aromatic rings. The van der Waals surface area contributed by atoms with E-state index in [0.29, 0.717) is 43.4 Å². The summed E-state index contributed by atoms with van der Waals surface area (Å²) in [5.74, 6) is -0.580. The van der Waals surface area contributed by atoms with Gasteiger partial charge in [0.2, 0.25) is 11.8 Å². The Labute approximate surface area is 145 Å². The molecule has 2 N–H and O–H groups in total. The number of aryl methyl sites for hydroxylation is 1. The predicted octanol–water partition coefficient (Wildman–Crippen LogP) is 0.901. The first-order chi connectivity index (χ1) is 12.1. The van der Waals surface area contributed by atoms with E-state index in [-0.39, 0.29) is 23.3 Å². The third kappa shape index (κ3) is 3.87. The maximum absolute atomic E-state index is 12.4. The van der Waals surface area contributed by atoms with E-state index >= 15 is 0 Å². The van der Waals surface area contributed by atoms with Crippen LogP contribution in [0.3, 0.4) is 0 Å². The van der Waals surface area contributed by atoms with E-state index in [1.807, 2.05) is 12.1 Å². The third-order valence-electron chi connectivity index (χ3n) is 4.70. The van der Waals surface area contributed by atoms with Crippen LogP contribution >= 0.6 is 0 Å². The van der Waals surface area contributed by atoms with Crippen molar-refractivity contribution >= 4 is 22.7 Å². The number of benzene rings is 1. The standard InChI is InChI=1S/C18H22N4O3/c19-17(24)13-5-3-9-21(11-13)16(23)8-4-10-22-12-20-15-7-2-1-6-14(15)18(22)25/h1-2,6-7,12-13H,3-5,8-11H2,(H2,19,24)/t13-/m0/s1. The molecule has 2 heterocycles. The lowest BCUT2D eigenvalue weighted by molar-refractivity contribution is -0.135. The lowest BCUT2D eigenvalue weighted by atomic mass is 9.97. The molecule has 25 heavy (non-hydrogen) atoms. The molecule has 7 heteroatoms. The molecule has 132 valence electrons. The molecule has 0 saturated carbocycles. The van der Waals surface area contributed by atoms with E-state index in [4.69, 9.17) is 5.73 Å². The minimum absolute atomic E-state index is 0.00717. The molecule has 1 saturated heterocycles. The SMILES string of the molecule is NC(=O)[C@H]1CCCN(C(=O)CCCn2cnc3ccccc3c2=O)C1. The minimum atomic E-state index is -0.341. The Morgan fingerprint density at radius 1 is 1.28 bits per heavy atom. The van der Waals surface area contributed by atoms with Gasteiger partial charge in [-0.15, -0.1) is 0 Å². The summed E-state index contributed by atoms with van der Waals surface area (Å²) in [5.41, 5.74) is 5.92. The Hall–Kier alpha value is -2.70. The lowest BCUT2D eigenvalue weighted by Crippen LogP contribution is -2.44. The van der Waals surface area contributed by atoms with Gasteiger partial charge in [0.15, 0.2) is 0 Å². The summed E-state index contributed by atoms with van der Waals surface area (Å²) in [6.45, 7) is 1.52. The number of hydrogen-bond donors (Lipinski definition) is 1. The first kappa shape index (κ1) is 17.1. The number of para-hydroxylation sites is 1. The van der Waals surface area contributed by atoms with Gasteiger partial charge >= 0.3 is 0 Å². The second kappa shape index (κ2) is 7.46. The van der Waals surface area contributed by atoms with Crippen LogP contribution in [0.25, 0.3) is 10.9 Å². The second-order valence-electron chi connectivity index (χ2n) is 6.45. The van der Waals surface area contributed by atoms with Crippen LogP contribution < -0.4 is 11.3 Å². The van der Waals surface area contributed by atoms with E-state index in [0.717, 1.165) is 12.8 Å². The summed E-state index contributed by atoms with van der Waals surface area (Å²) < 4.78 is 1.54. The lowest BCUT2D eigenvalue weighted by Gasteiger charge is -2.31. The van der Waals surface area contributed by atoms with Gasteiger partial charge in [0.05, 0.1) is 23.1 Å². The van der Waals surface area contributed by atoms with Gasteiger partial charge in [-0.05, 0) is 31.4 Å². The highest BCUT2D eigenvalue weighted by Crippen LogP contribution is 2.17. The molecule has 1 aromatic heterocycles. The molecule has 1 atom stereocenters. The van der Waals surface area contributed by atoms with E-state index in [1.54, 1.807) is 17.0 Å². The number of likely N-dealkylation sites (tertiary alicyclic amines) is 1. The topological polar surface area (TPSA) is 98.3 Å². The molecule has 0 bridgehead atoms. The number of fused-ring (bicyclic) bond motifs is 1. The fraction of sp³-hybridized carbons (Fsp3) is 0.444. The Bertz CT molecular complexity index is 846. The zero-order valence-corrected chi connectivity index (χ0v) is 14.1. The summed E-state index contributed by atoms with van der Waals surface area (Å²) in [5, 5.41) is 0.580. The molecular formula is C18H22N4O3. The zero-order chi connectivity index (χ0) is 17.8. The fourth-order valence-corrected chi connectivity index (χ4v) is 3.26. The first-order valence-corrected chi connectivity index (χ1v) is 8.57. The number of nitrogens with two attached hydrogens (primary N) is 1. The third-order valence-corrected chi connectivity index (χ3v) is 4.70.